The molecule has 0 aromatic heterocycles. The molecule has 0 aliphatic rings. The molecule has 0 saturated carbocycles. The van der Waals surface area contributed by atoms with E-state index in [1.54, 1.807) is 0 Å². The van der Waals surface area contributed by atoms with Crippen molar-refractivity contribution in [1.29, 1.82) is 0 Å². The second kappa shape index (κ2) is 49.9. The van der Waals surface area contributed by atoms with E-state index in [0.717, 1.165) is 96.7 Å². The van der Waals surface area contributed by atoms with Gasteiger partial charge in [-0.25, -0.2) is 0 Å². The van der Waals surface area contributed by atoms with Crippen molar-refractivity contribution in [3.05, 3.63) is 0 Å². The van der Waals surface area contributed by atoms with E-state index in [4.69, 9.17) is 9.47 Å². The molecule has 0 amide bonds. The van der Waals surface area contributed by atoms with Crippen molar-refractivity contribution in [1.82, 2.24) is 4.90 Å². The van der Waals surface area contributed by atoms with Crippen molar-refractivity contribution in [2.45, 2.75) is 291 Å². The predicted molar refractivity (Wildman–Crippen MR) is 264 cm³/mol. The molecule has 0 heterocycles. The van der Waals surface area contributed by atoms with Crippen molar-refractivity contribution in [2.24, 2.45) is 11.8 Å². The third-order valence-corrected chi connectivity index (χ3v) is 13.2. The van der Waals surface area contributed by atoms with Gasteiger partial charge in [0.25, 0.3) is 0 Å². The Labute approximate surface area is 382 Å². The Morgan fingerprint density at radius 3 is 1.21 bits per heavy atom. The first kappa shape index (κ1) is 59.9. The molecule has 0 aliphatic carbocycles. The van der Waals surface area contributed by atoms with Crippen LogP contribution in [0.5, 0.6) is 0 Å². The average Bonchev–Trinajstić information content (AvgIpc) is 3.26. The highest BCUT2D eigenvalue weighted by Crippen LogP contribution is 2.23. The maximum Gasteiger partial charge on any atom is 0.308 e. The highest BCUT2D eigenvalue weighted by Gasteiger charge is 2.19. The van der Waals surface area contributed by atoms with Gasteiger partial charge in [0.2, 0.25) is 0 Å². The number of hydrogen-bond acceptors (Lipinski definition) is 6. The first-order chi connectivity index (χ1) is 30.0. The quantitative estimate of drug-likeness (QED) is 0.0485. The minimum absolute atomic E-state index is 0.0106. The summed E-state index contributed by atoms with van der Waals surface area (Å²) in [4.78, 5) is 28.4. The molecule has 61 heavy (non-hydrogen) atoms. The minimum atomic E-state index is -0.0106. The molecule has 0 spiro atoms. The van der Waals surface area contributed by atoms with Gasteiger partial charge in [0.05, 0.1) is 19.1 Å². The summed E-state index contributed by atoms with van der Waals surface area (Å²) in [7, 11) is 0. The lowest BCUT2D eigenvalue weighted by Gasteiger charge is -2.22. The summed E-state index contributed by atoms with van der Waals surface area (Å²) < 4.78 is 11.8. The number of hydrogen-bond donors (Lipinski definition) is 1. The van der Waals surface area contributed by atoms with Gasteiger partial charge in [0.1, 0.15) is 0 Å². The lowest BCUT2D eigenvalue weighted by atomic mass is 9.94. The van der Waals surface area contributed by atoms with Crippen LogP contribution in [0.25, 0.3) is 0 Å². The Morgan fingerprint density at radius 2 is 0.770 bits per heavy atom. The highest BCUT2D eigenvalue weighted by molar-refractivity contribution is 5.72. The molecule has 364 valence electrons. The van der Waals surface area contributed by atoms with Crippen molar-refractivity contribution in [3.8, 4) is 0 Å². The summed E-state index contributed by atoms with van der Waals surface area (Å²) in [6.45, 7) is 13.5. The lowest BCUT2D eigenvalue weighted by Crippen LogP contribution is -2.28. The molecule has 0 saturated heterocycles. The molecule has 0 bridgehead atoms. The Morgan fingerprint density at radius 1 is 0.410 bits per heavy atom. The van der Waals surface area contributed by atoms with Crippen molar-refractivity contribution in [3.63, 3.8) is 0 Å². The SMILES string of the molecule is CCCCCCCCCCC(CCCCCCCC)COC(=O)CCCCCN(CCCO)CCCCCCOC(=O)C(CCCCCCCC)CCCCCCCCCC. The molecule has 2 atom stereocenters. The number of esters is 2. The first-order valence-electron chi connectivity index (χ1n) is 27.7. The van der Waals surface area contributed by atoms with Crippen LogP contribution in [0, 0.1) is 11.8 Å². The van der Waals surface area contributed by atoms with Gasteiger partial charge in [-0.05, 0) is 76.8 Å². The monoisotopic (exact) mass is 864 g/mol. The fourth-order valence-corrected chi connectivity index (χ4v) is 8.94. The standard InChI is InChI=1S/C55H109NO5/c1-5-9-13-17-21-23-26-33-42-52(41-32-25-19-15-11-7-3)51-61-54(58)45-36-31-38-47-56(48-40-49-57)46-37-29-30-39-50-60-55(59)53(43-34-27-20-16-12-8-4)44-35-28-24-22-18-14-10-6-2/h52-53,57H,5-51H2,1-4H3. The van der Waals surface area contributed by atoms with E-state index in [-0.39, 0.29) is 24.5 Å². The molecule has 6 heteroatoms. The second-order valence-electron chi connectivity index (χ2n) is 19.2. The number of aliphatic hydroxyl groups excluding tert-OH is 1. The molecular weight excluding hydrogens is 755 g/mol. The van der Waals surface area contributed by atoms with E-state index in [9.17, 15) is 14.7 Å². The lowest BCUT2D eigenvalue weighted by molar-refractivity contribution is -0.149. The van der Waals surface area contributed by atoms with E-state index < -0.39 is 0 Å². The van der Waals surface area contributed by atoms with Crippen LogP contribution in [-0.2, 0) is 19.1 Å². The summed E-state index contributed by atoms with van der Waals surface area (Å²) in [6.07, 6.45) is 49.7. The summed E-state index contributed by atoms with van der Waals surface area (Å²) in [5.41, 5.74) is 0. The molecule has 0 aromatic carbocycles. The van der Waals surface area contributed by atoms with E-state index in [0.29, 0.717) is 25.6 Å². The molecule has 0 radical (unpaired) electrons. The highest BCUT2D eigenvalue weighted by atomic mass is 16.5. The molecule has 0 aromatic rings. The Hall–Kier alpha value is -1.14. The zero-order chi connectivity index (χ0) is 44.5. The minimum Gasteiger partial charge on any atom is -0.465 e. The number of carbonyl (C=O) groups is 2. The number of unbranched alkanes of at least 4 members (excludes halogenated alkanes) is 29. The maximum absolute atomic E-state index is 13.1. The van der Waals surface area contributed by atoms with Crippen molar-refractivity contribution < 1.29 is 24.2 Å². The van der Waals surface area contributed by atoms with Gasteiger partial charge in [-0.1, -0.05) is 227 Å². The van der Waals surface area contributed by atoms with Gasteiger partial charge in [0.15, 0.2) is 0 Å². The van der Waals surface area contributed by atoms with Gasteiger partial charge in [-0.15, -0.1) is 0 Å². The van der Waals surface area contributed by atoms with E-state index in [2.05, 4.69) is 32.6 Å². The topological polar surface area (TPSA) is 76.1 Å². The van der Waals surface area contributed by atoms with E-state index in [1.165, 1.54) is 180 Å². The van der Waals surface area contributed by atoms with Crippen LogP contribution in [0.2, 0.25) is 0 Å². The second-order valence-corrected chi connectivity index (χ2v) is 19.2. The van der Waals surface area contributed by atoms with Crippen molar-refractivity contribution in [2.75, 3.05) is 39.5 Å². The molecule has 6 nitrogen and oxygen atoms in total. The third kappa shape index (κ3) is 43.9. The molecule has 0 aliphatic heterocycles. The fourth-order valence-electron chi connectivity index (χ4n) is 8.94. The van der Waals surface area contributed by atoms with Crippen LogP contribution in [0.15, 0.2) is 0 Å². The number of rotatable bonds is 51. The van der Waals surface area contributed by atoms with Crippen LogP contribution in [0.3, 0.4) is 0 Å². The third-order valence-electron chi connectivity index (χ3n) is 13.2. The Bertz CT molecular complexity index is 882. The van der Waals surface area contributed by atoms with Gasteiger partial charge >= 0.3 is 11.9 Å². The number of ether oxygens (including phenoxy) is 2. The smallest absolute Gasteiger partial charge is 0.308 e. The van der Waals surface area contributed by atoms with Gasteiger partial charge in [-0.3, -0.25) is 9.59 Å². The summed E-state index contributed by atoms with van der Waals surface area (Å²) in [6, 6.07) is 0. The molecule has 2 unspecified atom stereocenters. The Balaban J connectivity index is 4.42. The predicted octanol–water partition coefficient (Wildman–Crippen LogP) is 16.7. The number of aliphatic hydroxyl groups is 1. The van der Waals surface area contributed by atoms with Crippen LogP contribution >= 0.6 is 0 Å². The molecule has 0 rings (SSSR count). The molecular formula is C55H109NO5. The van der Waals surface area contributed by atoms with Crippen LogP contribution in [0.1, 0.15) is 291 Å². The first-order valence-corrected chi connectivity index (χ1v) is 27.7. The van der Waals surface area contributed by atoms with Crippen LogP contribution in [0.4, 0.5) is 0 Å². The average molecular weight is 864 g/mol. The van der Waals surface area contributed by atoms with E-state index in [1.807, 2.05) is 0 Å². The Kier molecular flexibility index (Phi) is 48.9. The number of carbonyl (C=O) groups excluding carboxylic acids is 2. The van der Waals surface area contributed by atoms with Gasteiger partial charge < -0.3 is 19.5 Å². The van der Waals surface area contributed by atoms with E-state index >= 15 is 0 Å². The van der Waals surface area contributed by atoms with Crippen LogP contribution in [-0.4, -0.2) is 61.4 Å². The zero-order valence-electron chi connectivity index (χ0n) is 41.9. The summed E-state index contributed by atoms with van der Waals surface area (Å²) in [5.74, 6) is 0.649. The molecule has 0 fully saturated rings. The normalized spacial score (nSPS) is 12.6. The maximum atomic E-state index is 13.1. The van der Waals surface area contributed by atoms with Crippen molar-refractivity contribution >= 4 is 11.9 Å². The largest absolute Gasteiger partial charge is 0.465 e. The van der Waals surface area contributed by atoms with Gasteiger partial charge in [0, 0.05) is 19.6 Å². The fraction of sp³-hybridized carbons (Fsp3) is 0.964. The zero-order valence-corrected chi connectivity index (χ0v) is 41.9. The summed E-state index contributed by atoms with van der Waals surface area (Å²) in [5, 5.41) is 9.51. The van der Waals surface area contributed by atoms with Gasteiger partial charge in [-0.2, -0.15) is 0 Å². The number of nitrogens with zero attached hydrogens (tertiary/aromatic N) is 1. The van der Waals surface area contributed by atoms with Crippen LogP contribution < -0.4 is 0 Å². The molecule has 1 N–H and O–H groups in total. The summed E-state index contributed by atoms with van der Waals surface area (Å²) >= 11 is 0.